The van der Waals surface area contributed by atoms with Gasteiger partial charge < -0.3 is 10.2 Å². The molecule has 0 aromatic rings. The molecule has 0 spiro atoms. The summed E-state index contributed by atoms with van der Waals surface area (Å²) in [5.41, 5.74) is -0.0738. The smallest absolute Gasteiger partial charge is 0.228 e. The lowest BCUT2D eigenvalue weighted by Crippen LogP contribution is -2.46. The molecule has 0 bridgehead atoms. The van der Waals surface area contributed by atoms with Gasteiger partial charge in [-0.1, -0.05) is 6.92 Å². The highest BCUT2D eigenvalue weighted by Crippen LogP contribution is 2.31. The Morgan fingerprint density at radius 2 is 1.73 bits per heavy atom. The van der Waals surface area contributed by atoms with Gasteiger partial charge in [-0.3, -0.25) is 4.79 Å². The van der Waals surface area contributed by atoms with E-state index in [-0.39, 0.29) is 17.8 Å². The van der Waals surface area contributed by atoms with Gasteiger partial charge in [0.05, 0.1) is 0 Å². The van der Waals surface area contributed by atoms with Crippen LogP contribution in [0.1, 0.15) is 32.6 Å². The van der Waals surface area contributed by atoms with Crippen LogP contribution in [0.3, 0.4) is 0 Å². The largest absolute Gasteiger partial charge is 0.342 e. The van der Waals surface area contributed by atoms with E-state index < -0.39 is 0 Å². The van der Waals surface area contributed by atoms with Crippen molar-refractivity contribution in [1.82, 2.24) is 10.2 Å². The molecule has 88 valence electrons. The summed E-state index contributed by atoms with van der Waals surface area (Å²) in [7, 11) is 0. The summed E-state index contributed by atoms with van der Waals surface area (Å²) >= 11 is 0. The number of carbonyl (C=O) groups excluding carboxylic acids is 1. The summed E-state index contributed by atoms with van der Waals surface area (Å²) in [6.07, 6.45) is 4.39. The van der Waals surface area contributed by atoms with Crippen molar-refractivity contribution in [1.29, 1.82) is 0 Å². The molecule has 2 aliphatic heterocycles. The second-order valence-corrected chi connectivity index (χ2v) is 4.81. The third-order valence-electron chi connectivity index (χ3n) is 3.62. The van der Waals surface area contributed by atoms with E-state index in [0.717, 1.165) is 39.0 Å². The highest BCUT2D eigenvalue weighted by molar-refractivity contribution is 5.85. The number of likely N-dealkylation sites (tertiary alicyclic amines) is 1. The van der Waals surface area contributed by atoms with Crippen molar-refractivity contribution in [3.8, 4) is 0 Å². The summed E-state index contributed by atoms with van der Waals surface area (Å²) in [4.78, 5) is 14.3. The quantitative estimate of drug-likeness (QED) is 0.742. The monoisotopic (exact) mass is 232 g/mol. The molecule has 0 aromatic heterocycles. The van der Waals surface area contributed by atoms with Crippen LogP contribution in [0, 0.1) is 5.41 Å². The number of amides is 1. The van der Waals surface area contributed by atoms with Crippen molar-refractivity contribution in [2.75, 3.05) is 26.2 Å². The number of piperidine rings is 1. The molecule has 2 saturated heterocycles. The maximum absolute atomic E-state index is 12.2. The van der Waals surface area contributed by atoms with Gasteiger partial charge in [0, 0.05) is 18.5 Å². The first kappa shape index (κ1) is 12.8. The molecule has 2 fully saturated rings. The minimum absolute atomic E-state index is 0. The first-order chi connectivity index (χ1) is 6.72. The fraction of sp³-hybridized carbons (Fsp3) is 0.909. The first-order valence-corrected chi connectivity index (χ1v) is 5.72. The third kappa shape index (κ3) is 2.64. The van der Waals surface area contributed by atoms with Gasteiger partial charge in [-0.25, -0.2) is 0 Å². The van der Waals surface area contributed by atoms with Crippen LogP contribution < -0.4 is 5.32 Å². The van der Waals surface area contributed by atoms with E-state index in [1.165, 1.54) is 12.8 Å². The molecule has 0 aromatic carbocycles. The van der Waals surface area contributed by atoms with E-state index >= 15 is 0 Å². The maximum Gasteiger partial charge on any atom is 0.228 e. The Balaban J connectivity index is 0.00000112. The molecule has 15 heavy (non-hydrogen) atoms. The van der Waals surface area contributed by atoms with Gasteiger partial charge in [0.15, 0.2) is 0 Å². The van der Waals surface area contributed by atoms with Crippen molar-refractivity contribution < 1.29 is 4.79 Å². The zero-order valence-corrected chi connectivity index (χ0v) is 10.2. The van der Waals surface area contributed by atoms with Gasteiger partial charge in [0.25, 0.3) is 0 Å². The standard InChI is InChI=1S/C11H20N2O.ClH/c1-11(4-6-12-7-5-11)10(14)13-8-2-3-9-13;/h12H,2-9H2,1H3;1H. The number of rotatable bonds is 1. The number of carbonyl (C=O) groups is 1. The van der Waals surface area contributed by atoms with Crippen molar-refractivity contribution >= 4 is 18.3 Å². The van der Waals surface area contributed by atoms with Gasteiger partial charge in [-0.05, 0) is 38.8 Å². The van der Waals surface area contributed by atoms with Crippen molar-refractivity contribution in [3.63, 3.8) is 0 Å². The predicted octanol–water partition coefficient (Wildman–Crippen LogP) is 1.42. The van der Waals surface area contributed by atoms with Crippen LogP contribution in [0.15, 0.2) is 0 Å². The molecule has 1 amide bonds. The van der Waals surface area contributed by atoms with Crippen LogP contribution in [0.2, 0.25) is 0 Å². The van der Waals surface area contributed by atoms with E-state index in [0.29, 0.717) is 5.91 Å². The van der Waals surface area contributed by atoms with E-state index in [1.54, 1.807) is 0 Å². The minimum atomic E-state index is -0.0738. The fourth-order valence-electron chi connectivity index (χ4n) is 2.49. The molecule has 2 rings (SSSR count). The average molecular weight is 233 g/mol. The summed E-state index contributed by atoms with van der Waals surface area (Å²) in [5, 5.41) is 3.31. The summed E-state index contributed by atoms with van der Waals surface area (Å²) in [5.74, 6) is 0.400. The minimum Gasteiger partial charge on any atom is -0.342 e. The molecule has 2 aliphatic rings. The Labute approximate surface area is 98.0 Å². The Kier molecular flexibility index (Phi) is 4.41. The molecule has 2 heterocycles. The van der Waals surface area contributed by atoms with Gasteiger partial charge in [0.1, 0.15) is 0 Å². The van der Waals surface area contributed by atoms with E-state index in [2.05, 4.69) is 17.1 Å². The molecule has 0 unspecified atom stereocenters. The van der Waals surface area contributed by atoms with Gasteiger partial charge in [-0.15, -0.1) is 12.4 Å². The first-order valence-electron chi connectivity index (χ1n) is 5.72. The van der Waals surface area contributed by atoms with Crippen LogP contribution in [-0.2, 0) is 4.79 Å². The highest BCUT2D eigenvalue weighted by Gasteiger charge is 2.38. The Morgan fingerprint density at radius 1 is 1.20 bits per heavy atom. The van der Waals surface area contributed by atoms with Crippen LogP contribution in [0.4, 0.5) is 0 Å². The van der Waals surface area contributed by atoms with Crippen molar-refractivity contribution in [3.05, 3.63) is 0 Å². The Bertz CT molecular complexity index is 221. The summed E-state index contributed by atoms with van der Waals surface area (Å²) in [6.45, 7) is 6.10. The van der Waals surface area contributed by atoms with E-state index in [4.69, 9.17) is 0 Å². The van der Waals surface area contributed by atoms with Crippen LogP contribution in [0.5, 0.6) is 0 Å². The molecule has 0 radical (unpaired) electrons. The zero-order chi connectivity index (χ0) is 10.0. The highest BCUT2D eigenvalue weighted by atomic mass is 35.5. The lowest BCUT2D eigenvalue weighted by Gasteiger charge is -2.35. The van der Waals surface area contributed by atoms with Gasteiger partial charge in [0.2, 0.25) is 5.91 Å². The van der Waals surface area contributed by atoms with Crippen LogP contribution in [0.25, 0.3) is 0 Å². The summed E-state index contributed by atoms with van der Waals surface area (Å²) < 4.78 is 0. The topological polar surface area (TPSA) is 32.3 Å². The van der Waals surface area contributed by atoms with Crippen LogP contribution in [-0.4, -0.2) is 37.0 Å². The second-order valence-electron chi connectivity index (χ2n) is 4.81. The number of nitrogens with zero attached hydrogens (tertiary/aromatic N) is 1. The van der Waals surface area contributed by atoms with E-state index in [9.17, 15) is 4.79 Å². The number of halogens is 1. The van der Waals surface area contributed by atoms with Gasteiger partial charge >= 0.3 is 0 Å². The maximum atomic E-state index is 12.2. The molecular formula is C11H21ClN2O. The molecular weight excluding hydrogens is 212 g/mol. The molecule has 0 atom stereocenters. The normalized spacial score (nSPS) is 24.7. The number of hydrogen-bond acceptors (Lipinski definition) is 2. The predicted molar refractivity (Wildman–Crippen MR) is 63.3 cm³/mol. The Morgan fingerprint density at radius 3 is 2.27 bits per heavy atom. The van der Waals surface area contributed by atoms with E-state index in [1.807, 2.05) is 0 Å². The molecule has 1 N–H and O–H groups in total. The zero-order valence-electron chi connectivity index (χ0n) is 9.42. The number of hydrogen-bond donors (Lipinski definition) is 1. The molecule has 0 aliphatic carbocycles. The van der Waals surface area contributed by atoms with Gasteiger partial charge in [-0.2, -0.15) is 0 Å². The average Bonchev–Trinajstić information content (AvgIpc) is 2.70. The third-order valence-corrected chi connectivity index (χ3v) is 3.62. The summed E-state index contributed by atoms with van der Waals surface area (Å²) in [6, 6.07) is 0. The Hall–Kier alpha value is -0.280. The molecule has 0 saturated carbocycles. The lowest BCUT2D eigenvalue weighted by molar-refractivity contribution is -0.141. The lowest BCUT2D eigenvalue weighted by atomic mass is 9.80. The molecule has 4 heteroatoms. The van der Waals surface area contributed by atoms with Crippen molar-refractivity contribution in [2.24, 2.45) is 5.41 Å². The fourth-order valence-corrected chi connectivity index (χ4v) is 2.49. The number of nitrogens with one attached hydrogen (secondary N) is 1. The van der Waals surface area contributed by atoms with Crippen LogP contribution >= 0.6 is 12.4 Å². The molecule has 3 nitrogen and oxygen atoms in total. The van der Waals surface area contributed by atoms with Crippen molar-refractivity contribution in [2.45, 2.75) is 32.6 Å². The second kappa shape index (κ2) is 5.17. The SMILES string of the molecule is CC1(C(=O)N2CCCC2)CCNCC1.Cl.